The molecule has 0 atom stereocenters. The first-order valence-corrected chi connectivity index (χ1v) is 9.56. The summed E-state index contributed by atoms with van der Waals surface area (Å²) >= 11 is 0. The molecule has 0 bridgehead atoms. The minimum Gasteiger partial charge on any atom is -0.467 e. The highest BCUT2D eigenvalue weighted by Crippen LogP contribution is 2.30. The van der Waals surface area contributed by atoms with Gasteiger partial charge >= 0.3 is 6.01 Å². The fourth-order valence-corrected chi connectivity index (χ4v) is 3.53. The summed E-state index contributed by atoms with van der Waals surface area (Å²) in [5.74, 6) is 1.10. The molecule has 0 spiro atoms. The summed E-state index contributed by atoms with van der Waals surface area (Å²) in [6, 6.07) is 8.49. The van der Waals surface area contributed by atoms with E-state index in [0.29, 0.717) is 24.5 Å². The maximum absolute atomic E-state index is 9.55. The SMILES string of the molecule is COc1ncc(CNc2ncnc3c2CN(c2ccc(C)cc2C#N)CC3)c(N)n1. The topological polar surface area (TPSA) is 126 Å². The second-order valence-corrected chi connectivity index (χ2v) is 7.07. The summed E-state index contributed by atoms with van der Waals surface area (Å²) in [7, 11) is 1.50. The molecule has 3 N–H and O–H groups in total. The second-order valence-electron chi connectivity index (χ2n) is 7.07. The molecular weight excluding hydrogens is 380 g/mol. The molecular formula is C21H22N8O. The van der Waals surface area contributed by atoms with Crippen LogP contribution in [0.3, 0.4) is 0 Å². The number of nitrogens with one attached hydrogen (secondary N) is 1. The van der Waals surface area contributed by atoms with Crippen molar-refractivity contribution in [3.8, 4) is 12.1 Å². The Balaban J connectivity index is 1.57. The lowest BCUT2D eigenvalue weighted by Crippen LogP contribution is -2.32. The number of nitrogen functional groups attached to an aromatic ring is 1. The zero-order valence-corrected chi connectivity index (χ0v) is 16.9. The summed E-state index contributed by atoms with van der Waals surface area (Å²) in [4.78, 5) is 19.3. The van der Waals surface area contributed by atoms with E-state index >= 15 is 0 Å². The number of methoxy groups -OCH3 is 1. The van der Waals surface area contributed by atoms with Crippen LogP contribution in [0.25, 0.3) is 0 Å². The van der Waals surface area contributed by atoms with E-state index in [2.05, 4.69) is 36.2 Å². The highest BCUT2D eigenvalue weighted by Gasteiger charge is 2.23. The van der Waals surface area contributed by atoms with Crippen LogP contribution in [0.4, 0.5) is 17.3 Å². The molecule has 1 aliphatic rings. The number of benzene rings is 1. The number of hydrogen-bond donors (Lipinski definition) is 2. The van der Waals surface area contributed by atoms with Gasteiger partial charge in [-0.2, -0.15) is 10.2 Å². The molecule has 2 aromatic heterocycles. The van der Waals surface area contributed by atoms with E-state index in [1.165, 1.54) is 7.11 Å². The van der Waals surface area contributed by atoms with E-state index in [0.717, 1.165) is 46.9 Å². The second kappa shape index (κ2) is 8.21. The number of nitrogens with zero attached hydrogens (tertiary/aromatic N) is 6. The molecule has 9 nitrogen and oxygen atoms in total. The molecule has 1 aliphatic heterocycles. The van der Waals surface area contributed by atoms with Crippen molar-refractivity contribution in [2.24, 2.45) is 0 Å². The molecule has 0 amide bonds. The molecule has 0 aliphatic carbocycles. The fraction of sp³-hybridized carbons (Fsp3) is 0.286. The van der Waals surface area contributed by atoms with Crippen LogP contribution in [0.5, 0.6) is 6.01 Å². The molecule has 3 aromatic rings. The highest BCUT2D eigenvalue weighted by molar-refractivity contribution is 5.63. The normalized spacial score (nSPS) is 12.8. The first-order chi connectivity index (χ1) is 14.6. The lowest BCUT2D eigenvalue weighted by atomic mass is 10.0. The molecule has 0 saturated carbocycles. The van der Waals surface area contributed by atoms with Gasteiger partial charge in [0, 0.05) is 43.4 Å². The minimum atomic E-state index is 0.234. The monoisotopic (exact) mass is 402 g/mol. The van der Waals surface area contributed by atoms with E-state index in [1.54, 1.807) is 12.5 Å². The Labute approximate surface area is 174 Å². The Hall–Kier alpha value is -3.93. The summed E-state index contributed by atoms with van der Waals surface area (Å²) in [6.45, 7) is 3.82. The van der Waals surface area contributed by atoms with Gasteiger partial charge in [0.25, 0.3) is 0 Å². The summed E-state index contributed by atoms with van der Waals surface area (Å²) in [6.07, 6.45) is 3.98. The van der Waals surface area contributed by atoms with Crippen LogP contribution in [0.1, 0.15) is 27.9 Å². The summed E-state index contributed by atoms with van der Waals surface area (Å²) in [5.41, 5.74) is 11.4. The van der Waals surface area contributed by atoms with E-state index < -0.39 is 0 Å². The third kappa shape index (κ3) is 3.80. The third-order valence-corrected chi connectivity index (χ3v) is 5.12. The summed E-state index contributed by atoms with van der Waals surface area (Å²) < 4.78 is 5.00. The zero-order chi connectivity index (χ0) is 21.1. The number of aromatic nitrogens is 4. The molecule has 152 valence electrons. The quantitative estimate of drug-likeness (QED) is 0.660. The Kier molecular flexibility index (Phi) is 5.30. The molecule has 0 radical (unpaired) electrons. The van der Waals surface area contributed by atoms with Gasteiger partial charge in [0.15, 0.2) is 0 Å². The van der Waals surface area contributed by atoms with E-state index in [-0.39, 0.29) is 6.01 Å². The Bertz CT molecular complexity index is 1120. The van der Waals surface area contributed by atoms with Crippen LogP contribution < -0.4 is 20.7 Å². The predicted molar refractivity (Wildman–Crippen MR) is 113 cm³/mol. The average molecular weight is 402 g/mol. The van der Waals surface area contributed by atoms with Crippen LogP contribution >= 0.6 is 0 Å². The van der Waals surface area contributed by atoms with Crippen molar-refractivity contribution in [2.75, 3.05) is 29.6 Å². The molecule has 30 heavy (non-hydrogen) atoms. The van der Waals surface area contributed by atoms with Gasteiger partial charge in [0.05, 0.1) is 24.1 Å². The first-order valence-electron chi connectivity index (χ1n) is 9.56. The molecule has 0 saturated heterocycles. The van der Waals surface area contributed by atoms with Gasteiger partial charge in [-0.15, -0.1) is 0 Å². The Morgan fingerprint density at radius 2 is 2.17 bits per heavy atom. The van der Waals surface area contributed by atoms with E-state index in [9.17, 15) is 5.26 Å². The number of nitrogens with two attached hydrogens (primary N) is 1. The van der Waals surface area contributed by atoms with Crippen LogP contribution in [0.15, 0.2) is 30.7 Å². The smallest absolute Gasteiger partial charge is 0.318 e. The van der Waals surface area contributed by atoms with Gasteiger partial charge < -0.3 is 20.7 Å². The molecule has 3 heterocycles. The first kappa shape index (κ1) is 19.4. The predicted octanol–water partition coefficient (Wildman–Crippen LogP) is 2.21. The molecule has 4 rings (SSSR count). The largest absolute Gasteiger partial charge is 0.467 e. The Morgan fingerprint density at radius 1 is 1.30 bits per heavy atom. The van der Waals surface area contributed by atoms with Crippen LogP contribution in [0.2, 0.25) is 0 Å². The fourth-order valence-electron chi connectivity index (χ4n) is 3.53. The van der Waals surface area contributed by atoms with Gasteiger partial charge in [0.1, 0.15) is 24.0 Å². The number of anilines is 3. The van der Waals surface area contributed by atoms with Gasteiger partial charge in [-0.1, -0.05) is 6.07 Å². The average Bonchev–Trinajstić information content (AvgIpc) is 2.77. The summed E-state index contributed by atoms with van der Waals surface area (Å²) in [5, 5.41) is 12.9. The maximum atomic E-state index is 9.55. The van der Waals surface area contributed by atoms with Crippen molar-refractivity contribution in [1.82, 2.24) is 19.9 Å². The van der Waals surface area contributed by atoms with Crippen LogP contribution in [-0.4, -0.2) is 33.6 Å². The lowest BCUT2D eigenvalue weighted by molar-refractivity contribution is 0.380. The number of rotatable bonds is 5. The number of ether oxygens (including phenoxy) is 1. The van der Waals surface area contributed by atoms with E-state index in [1.807, 2.05) is 25.1 Å². The van der Waals surface area contributed by atoms with Crippen molar-refractivity contribution in [3.63, 3.8) is 0 Å². The lowest BCUT2D eigenvalue weighted by Gasteiger charge is -2.31. The van der Waals surface area contributed by atoms with Crippen LogP contribution in [-0.2, 0) is 19.5 Å². The third-order valence-electron chi connectivity index (χ3n) is 5.12. The minimum absolute atomic E-state index is 0.234. The van der Waals surface area contributed by atoms with Gasteiger partial charge in [-0.05, 0) is 24.6 Å². The number of nitriles is 1. The van der Waals surface area contributed by atoms with Gasteiger partial charge in [0.2, 0.25) is 0 Å². The van der Waals surface area contributed by atoms with Crippen molar-refractivity contribution in [2.45, 2.75) is 26.4 Å². The van der Waals surface area contributed by atoms with Gasteiger partial charge in [-0.3, -0.25) is 0 Å². The number of fused-ring (bicyclic) bond motifs is 1. The van der Waals surface area contributed by atoms with Crippen molar-refractivity contribution in [1.29, 1.82) is 5.26 Å². The van der Waals surface area contributed by atoms with Crippen LogP contribution in [0, 0.1) is 18.3 Å². The van der Waals surface area contributed by atoms with Crippen molar-refractivity contribution >= 4 is 17.3 Å². The van der Waals surface area contributed by atoms with Gasteiger partial charge in [-0.25, -0.2) is 15.0 Å². The molecule has 1 aromatic carbocycles. The maximum Gasteiger partial charge on any atom is 0.318 e. The molecule has 0 fully saturated rings. The Morgan fingerprint density at radius 3 is 2.93 bits per heavy atom. The number of aryl methyl sites for hydroxylation is 1. The van der Waals surface area contributed by atoms with E-state index in [4.69, 9.17) is 10.5 Å². The highest BCUT2D eigenvalue weighted by atomic mass is 16.5. The van der Waals surface area contributed by atoms with Crippen molar-refractivity contribution < 1.29 is 4.74 Å². The molecule has 9 heteroatoms. The molecule has 0 unspecified atom stereocenters. The zero-order valence-electron chi connectivity index (χ0n) is 16.9. The standard InChI is InChI=1S/C21H22N8O/c1-13-3-4-18(14(7-13)8-22)29-6-5-17-16(11-29)20(27-12-26-17)24-9-15-10-25-21(30-2)28-19(15)23/h3-4,7,10,12H,5-6,9,11H2,1-2H3,(H2,23,25,28)(H,24,26,27). The number of hydrogen-bond acceptors (Lipinski definition) is 9. The van der Waals surface area contributed by atoms with Crippen molar-refractivity contribution in [3.05, 3.63) is 58.7 Å².